The van der Waals surface area contributed by atoms with Crippen LogP contribution in [0.4, 0.5) is 18.9 Å². The Morgan fingerprint density at radius 1 is 0.973 bits per heavy atom. The molecule has 0 bridgehead atoms. The number of carbonyl (C=O) groups is 2. The summed E-state index contributed by atoms with van der Waals surface area (Å²) in [6, 6.07) is 16.5. The first-order valence-electron chi connectivity index (χ1n) is 11.7. The summed E-state index contributed by atoms with van der Waals surface area (Å²) in [5.74, 6) is -0.724. The Labute approximate surface area is 213 Å². The molecule has 0 unspecified atom stereocenters. The Hall–Kier alpha value is -4.07. The third kappa shape index (κ3) is 7.70. The lowest BCUT2D eigenvalue weighted by atomic mass is 10.0. The van der Waals surface area contributed by atoms with Crippen molar-refractivity contribution in [3.05, 3.63) is 100 Å². The van der Waals surface area contributed by atoms with Gasteiger partial charge in [0.1, 0.15) is 5.75 Å². The van der Waals surface area contributed by atoms with E-state index in [2.05, 4.69) is 5.32 Å². The Bertz CT molecular complexity index is 1260. The lowest BCUT2D eigenvalue weighted by Gasteiger charge is -2.17. The summed E-state index contributed by atoms with van der Waals surface area (Å²) in [5.41, 5.74) is 1.42. The lowest BCUT2D eigenvalue weighted by molar-refractivity contribution is -0.138. The fourth-order valence-corrected chi connectivity index (χ4v) is 3.85. The summed E-state index contributed by atoms with van der Waals surface area (Å²) >= 11 is 0. The van der Waals surface area contributed by atoms with Crippen LogP contribution in [0.2, 0.25) is 0 Å². The molecule has 5 nitrogen and oxygen atoms in total. The standard InChI is InChI=1S/C29H28F3NO4/c1-4-36-26(34)13-11-22-10-12-24(29(30,31)32)25(18-22)33-28(35)27-19(2)16-23(17-20(27)3)37-15-14-21-8-6-5-7-9-21/h5-13,16-18H,4,14-15H2,1-3H3,(H,33,35)/b13-11+. The highest BCUT2D eigenvalue weighted by Crippen LogP contribution is 2.36. The molecule has 1 N–H and O–H groups in total. The maximum Gasteiger partial charge on any atom is 0.418 e. The SMILES string of the molecule is CCOC(=O)/C=C/c1ccc(C(F)(F)F)c(NC(=O)c2c(C)cc(OCCc3ccccc3)cc2C)c1. The highest BCUT2D eigenvalue weighted by molar-refractivity contribution is 6.07. The summed E-state index contributed by atoms with van der Waals surface area (Å²) in [6.07, 6.45) is -1.54. The van der Waals surface area contributed by atoms with E-state index >= 15 is 0 Å². The van der Waals surface area contributed by atoms with Gasteiger partial charge in [-0.05, 0) is 73.4 Å². The van der Waals surface area contributed by atoms with Crippen LogP contribution in [0.25, 0.3) is 6.08 Å². The van der Waals surface area contributed by atoms with Gasteiger partial charge in [-0.3, -0.25) is 4.79 Å². The van der Waals surface area contributed by atoms with Crippen LogP contribution in [0.5, 0.6) is 5.75 Å². The number of anilines is 1. The van der Waals surface area contributed by atoms with Gasteiger partial charge in [-0.15, -0.1) is 0 Å². The average Bonchev–Trinajstić information content (AvgIpc) is 2.82. The molecule has 0 saturated carbocycles. The van der Waals surface area contributed by atoms with Crippen LogP contribution in [0.15, 0.2) is 66.7 Å². The van der Waals surface area contributed by atoms with Crippen molar-refractivity contribution in [2.45, 2.75) is 33.4 Å². The second-order valence-corrected chi connectivity index (χ2v) is 8.36. The zero-order valence-corrected chi connectivity index (χ0v) is 20.8. The van der Waals surface area contributed by atoms with E-state index in [-0.39, 0.29) is 12.2 Å². The molecule has 0 radical (unpaired) electrons. The summed E-state index contributed by atoms with van der Waals surface area (Å²) < 4.78 is 51.6. The van der Waals surface area contributed by atoms with Crippen LogP contribution in [0.3, 0.4) is 0 Å². The number of hydrogen-bond acceptors (Lipinski definition) is 4. The van der Waals surface area contributed by atoms with E-state index in [1.54, 1.807) is 32.9 Å². The number of amides is 1. The predicted molar refractivity (Wildman–Crippen MR) is 137 cm³/mol. The topological polar surface area (TPSA) is 64.6 Å². The van der Waals surface area contributed by atoms with Crippen LogP contribution in [0, 0.1) is 13.8 Å². The number of esters is 1. The third-order valence-electron chi connectivity index (χ3n) is 5.53. The molecule has 37 heavy (non-hydrogen) atoms. The van der Waals surface area contributed by atoms with E-state index in [4.69, 9.17) is 9.47 Å². The normalized spacial score (nSPS) is 11.4. The molecule has 3 aromatic rings. The van der Waals surface area contributed by atoms with Crippen molar-refractivity contribution in [2.24, 2.45) is 0 Å². The van der Waals surface area contributed by atoms with Crippen molar-refractivity contribution in [1.29, 1.82) is 0 Å². The van der Waals surface area contributed by atoms with Gasteiger partial charge in [0.15, 0.2) is 0 Å². The monoisotopic (exact) mass is 511 g/mol. The van der Waals surface area contributed by atoms with Gasteiger partial charge in [0.05, 0.1) is 24.5 Å². The largest absolute Gasteiger partial charge is 0.493 e. The summed E-state index contributed by atoms with van der Waals surface area (Å²) in [7, 11) is 0. The molecule has 0 fully saturated rings. The minimum absolute atomic E-state index is 0.174. The second-order valence-electron chi connectivity index (χ2n) is 8.36. The molecule has 3 rings (SSSR count). The fraction of sp³-hybridized carbons (Fsp3) is 0.241. The summed E-state index contributed by atoms with van der Waals surface area (Å²) in [6.45, 7) is 5.66. The van der Waals surface area contributed by atoms with E-state index in [0.717, 1.165) is 17.7 Å². The number of alkyl halides is 3. The van der Waals surface area contributed by atoms with E-state index in [0.29, 0.717) is 35.5 Å². The van der Waals surface area contributed by atoms with Gasteiger partial charge in [0, 0.05) is 18.1 Å². The van der Waals surface area contributed by atoms with E-state index < -0.39 is 29.3 Å². The van der Waals surface area contributed by atoms with E-state index in [9.17, 15) is 22.8 Å². The van der Waals surface area contributed by atoms with Crippen molar-refractivity contribution in [3.8, 4) is 5.75 Å². The first-order valence-corrected chi connectivity index (χ1v) is 11.7. The van der Waals surface area contributed by atoms with Crippen LogP contribution in [-0.4, -0.2) is 25.1 Å². The number of carbonyl (C=O) groups excluding carboxylic acids is 2. The highest BCUT2D eigenvalue weighted by Gasteiger charge is 2.34. The van der Waals surface area contributed by atoms with Gasteiger partial charge in [-0.25, -0.2) is 4.79 Å². The molecule has 0 aliphatic rings. The first-order chi connectivity index (χ1) is 17.6. The van der Waals surface area contributed by atoms with Crippen molar-refractivity contribution in [2.75, 3.05) is 18.5 Å². The van der Waals surface area contributed by atoms with Gasteiger partial charge >= 0.3 is 12.1 Å². The third-order valence-corrected chi connectivity index (χ3v) is 5.53. The average molecular weight is 512 g/mol. The first kappa shape index (κ1) is 27.5. The van der Waals surface area contributed by atoms with Crippen molar-refractivity contribution < 1.29 is 32.2 Å². The minimum Gasteiger partial charge on any atom is -0.493 e. The Morgan fingerprint density at radius 2 is 1.65 bits per heavy atom. The quantitative estimate of drug-likeness (QED) is 0.254. The van der Waals surface area contributed by atoms with E-state index in [1.165, 1.54) is 18.2 Å². The van der Waals surface area contributed by atoms with Gasteiger partial charge in [-0.1, -0.05) is 36.4 Å². The number of ether oxygens (including phenoxy) is 2. The summed E-state index contributed by atoms with van der Waals surface area (Å²) in [5, 5.41) is 2.40. The lowest BCUT2D eigenvalue weighted by Crippen LogP contribution is -2.19. The fourth-order valence-electron chi connectivity index (χ4n) is 3.85. The smallest absolute Gasteiger partial charge is 0.418 e. The van der Waals surface area contributed by atoms with Crippen LogP contribution < -0.4 is 10.1 Å². The van der Waals surface area contributed by atoms with Crippen LogP contribution in [0.1, 0.15) is 45.1 Å². The second kappa shape index (κ2) is 12.3. The molecule has 0 heterocycles. The van der Waals surface area contributed by atoms with Crippen molar-refractivity contribution in [1.82, 2.24) is 0 Å². The molecule has 0 saturated heterocycles. The van der Waals surface area contributed by atoms with Gasteiger partial charge in [0.25, 0.3) is 5.91 Å². The number of halogens is 3. The van der Waals surface area contributed by atoms with Crippen molar-refractivity contribution >= 4 is 23.6 Å². The Balaban J connectivity index is 1.80. The zero-order valence-electron chi connectivity index (χ0n) is 20.8. The van der Waals surface area contributed by atoms with Crippen molar-refractivity contribution in [3.63, 3.8) is 0 Å². The molecular formula is C29H28F3NO4. The predicted octanol–water partition coefficient (Wildman–Crippen LogP) is 6.77. The molecule has 3 aromatic carbocycles. The number of nitrogens with one attached hydrogen (secondary N) is 1. The number of rotatable bonds is 9. The molecule has 0 atom stereocenters. The molecule has 0 aliphatic carbocycles. The Morgan fingerprint density at radius 3 is 2.27 bits per heavy atom. The number of aryl methyl sites for hydroxylation is 2. The van der Waals surface area contributed by atoms with Crippen LogP contribution >= 0.6 is 0 Å². The summed E-state index contributed by atoms with van der Waals surface area (Å²) in [4.78, 5) is 24.7. The molecular weight excluding hydrogens is 483 g/mol. The number of hydrogen-bond donors (Lipinski definition) is 1. The molecule has 194 valence electrons. The molecule has 8 heteroatoms. The van der Waals surface area contributed by atoms with E-state index in [1.807, 2.05) is 30.3 Å². The molecule has 0 aliphatic heterocycles. The van der Waals surface area contributed by atoms with Gasteiger partial charge in [0.2, 0.25) is 0 Å². The molecule has 0 spiro atoms. The van der Waals surface area contributed by atoms with Gasteiger partial charge < -0.3 is 14.8 Å². The Kier molecular flexibility index (Phi) is 9.11. The minimum atomic E-state index is -4.69. The maximum atomic E-state index is 13.6. The number of benzene rings is 3. The molecule has 1 amide bonds. The van der Waals surface area contributed by atoms with Gasteiger partial charge in [-0.2, -0.15) is 13.2 Å². The maximum absolute atomic E-state index is 13.6. The zero-order chi connectivity index (χ0) is 27.0. The van der Waals surface area contributed by atoms with Crippen LogP contribution in [-0.2, 0) is 22.1 Å². The molecule has 0 aromatic heterocycles. The highest BCUT2D eigenvalue weighted by atomic mass is 19.4.